The number of aryl methyl sites for hydroxylation is 1. The van der Waals surface area contributed by atoms with Crippen molar-refractivity contribution in [3.63, 3.8) is 0 Å². The third-order valence-electron chi connectivity index (χ3n) is 4.15. The smallest absolute Gasteiger partial charge is 0.274 e. The van der Waals surface area contributed by atoms with E-state index >= 15 is 0 Å². The lowest BCUT2D eigenvalue weighted by molar-refractivity contribution is 0.102. The number of pyridine rings is 1. The summed E-state index contributed by atoms with van der Waals surface area (Å²) in [6, 6.07) is 17.7. The van der Waals surface area contributed by atoms with Gasteiger partial charge in [-0.3, -0.25) is 14.6 Å². The van der Waals surface area contributed by atoms with E-state index in [1.165, 1.54) is 12.3 Å². The molecule has 0 aliphatic heterocycles. The summed E-state index contributed by atoms with van der Waals surface area (Å²) in [7, 11) is 0. The number of anilines is 2. The largest absolute Gasteiger partial charge is 0.489 e. The second-order valence-electron chi connectivity index (χ2n) is 6.82. The van der Waals surface area contributed by atoms with Crippen molar-refractivity contribution in [1.82, 2.24) is 4.98 Å². The minimum absolute atomic E-state index is 0.0281. The highest BCUT2D eigenvalue weighted by molar-refractivity contribution is 6.08. The monoisotopic (exact) mass is 389 g/mol. The van der Waals surface area contributed by atoms with Crippen molar-refractivity contribution in [3.8, 4) is 5.75 Å². The van der Waals surface area contributed by atoms with Crippen molar-refractivity contribution in [3.05, 3.63) is 83.7 Å². The first-order chi connectivity index (χ1) is 13.9. The third kappa shape index (κ3) is 5.19. The maximum atomic E-state index is 12.7. The molecule has 0 bridgehead atoms. The van der Waals surface area contributed by atoms with Gasteiger partial charge in [-0.05, 0) is 56.7 Å². The minimum atomic E-state index is -0.421. The lowest BCUT2D eigenvalue weighted by Gasteiger charge is -2.14. The Kier molecular flexibility index (Phi) is 6.24. The Morgan fingerprint density at radius 2 is 1.55 bits per heavy atom. The molecule has 0 atom stereocenters. The van der Waals surface area contributed by atoms with Gasteiger partial charge in [-0.1, -0.05) is 30.3 Å². The fourth-order valence-electron chi connectivity index (χ4n) is 2.72. The average molecular weight is 389 g/mol. The number of rotatable bonds is 6. The predicted molar refractivity (Wildman–Crippen MR) is 114 cm³/mol. The van der Waals surface area contributed by atoms with Gasteiger partial charge in [-0.2, -0.15) is 0 Å². The number of ether oxygens (including phenoxy) is 1. The lowest BCUT2D eigenvalue weighted by atomic mass is 10.1. The van der Waals surface area contributed by atoms with Crippen LogP contribution in [0.3, 0.4) is 0 Å². The zero-order chi connectivity index (χ0) is 20.8. The number of benzene rings is 2. The molecule has 0 fully saturated rings. The van der Waals surface area contributed by atoms with Crippen LogP contribution in [0.25, 0.3) is 0 Å². The molecule has 2 aromatic carbocycles. The quantitative estimate of drug-likeness (QED) is 0.641. The highest BCUT2D eigenvalue weighted by Crippen LogP contribution is 2.25. The summed E-state index contributed by atoms with van der Waals surface area (Å²) in [5.74, 6) is -0.154. The lowest BCUT2D eigenvalue weighted by Crippen LogP contribution is -2.18. The highest BCUT2D eigenvalue weighted by Gasteiger charge is 2.15. The SMILES string of the molecule is Cc1ccccc1NC(=O)c1ccnc(C(=O)Nc2ccccc2OC(C)C)c1. The van der Waals surface area contributed by atoms with Gasteiger partial charge >= 0.3 is 0 Å². The van der Waals surface area contributed by atoms with E-state index in [9.17, 15) is 9.59 Å². The van der Waals surface area contributed by atoms with Crippen molar-refractivity contribution in [1.29, 1.82) is 0 Å². The number of nitrogens with one attached hydrogen (secondary N) is 2. The molecule has 0 aliphatic rings. The first kappa shape index (κ1) is 20.1. The average Bonchev–Trinajstić information content (AvgIpc) is 2.71. The Labute approximate surface area is 169 Å². The molecule has 0 aliphatic carbocycles. The summed E-state index contributed by atoms with van der Waals surface area (Å²) >= 11 is 0. The van der Waals surface area contributed by atoms with Gasteiger partial charge in [0.15, 0.2) is 0 Å². The van der Waals surface area contributed by atoms with Crippen LogP contribution in [0.5, 0.6) is 5.75 Å². The topological polar surface area (TPSA) is 80.3 Å². The molecule has 3 aromatic rings. The Bertz CT molecular complexity index is 1030. The van der Waals surface area contributed by atoms with E-state index in [0.29, 0.717) is 17.0 Å². The fourth-order valence-corrected chi connectivity index (χ4v) is 2.72. The van der Waals surface area contributed by atoms with Gasteiger partial charge in [0.05, 0.1) is 11.8 Å². The van der Waals surface area contributed by atoms with Gasteiger partial charge in [-0.15, -0.1) is 0 Å². The van der Waals surface area contributed by atoms with Crippen LogP contribution in [0.2, 0.25) is 0 Å². The molecule has 0 saturated carbocycles. The molecule has 148 valence electrons. The molecular formula is C23H23N3O3. The molecule has 0 saturated heterocycles. The third-order valence-corrected chi connectivity index (χ3v) is 4.15. The number of nitrogens with zero attached hydrogens (tertiary/aromatic N) is 1. The summed E-state index contributed by atoms with van der Waals surface area (Å²) in [6.07, 6.45) is 1.41. The normalized spacial score (nSPS) is 10.5. The Morgan fingerprint density at radius 3 is 2.28 bits per heavy atom. The van der Waals surface area contributed by atoms with Crippen LogP contribution in [-0.2, 0) is 0 Å². The van der Waals surface area contributed by atoms with E-state index in [4.69, 9.17) is 4.74 Å². The maximum absolute atomic E-state index is 12.7. The van der Waals surface area contributed by atoms with Crippen LogP contribution in [0, 0.1) is 6.92 Å². The second kappa shape index (κ2) is 9.01. The molecular weight excluding hydrogens is 366 g/mol. The standard InChI is InChI=1S/C23H23N3O3/c1-15(2)29-21-11-7-6-10-19(21)26-23(28)20-14-17(12-13-24-20)22(27)25-18-9-5-4-8-16(18)3/h4-15H,1-3H3,(H,25,27)(H,26,28). The molecule has 1 aromatic heterocycles. The number of amides is 2. The maximum Gasteiger partial charge on any atom is 0.274 e. The van der Waals surface area contributed by atoms with Gasteiger partial charge in [0, 0.05) is 17.4 Å². The molecule has 1 heterocycles. The van der Waals surface area contributed by atoms with Gasteiger partial charge in [-0.25, -0.2) is 0 Å². The van der Waals surface area contributed by atoms with Crippen LogP contribution < -0.4 is 15.4 Å². The van der Waals surface area contributed by atoms with Crippen molar-refractivity contribution >= 4 is 23.2 Å². The van der Waals surface area contributed by atoms with Gasteiger partial charge in [0.2, 0.25) is 0 Å². The zero-order valence-corrected chi connectivity index (χ0v) is 16.6. The van der Waals surface area contributed by atoms with Crippen molar-refractivity contribution in [2.24, 2.45) is 0 Å². The van der Waals surface area contributed by atoms with Crippen LogP contribution >= 0.6 is 0 Å². The molecule has 6 heteroatoms. The first-order valence-electron chi connectivity index (χ1n) is 9.34. The molecule has 3 rings (SSSR count). The zero-order valence-electron chi connectivity index (χ0n) is 16.6. The molecule has 29 heavy (non-hydrogen) atoms. The van der Waals surface area contributed by atoms with Crippen LogP contribution in [-0.4, -0.2) is 22.9 Å². The Balaban J connectivity index is 1.76. The second-order valence-corrected chi connectivity index (χ2v) is 6.82. The first-order valence-corrected chi connectivity index (χ1v) is 9.34. The van der Waals surface area contributed by atoms with Crippen LogP contribution in [0.15, 0.2) is 66.9 Å². The Hall–Kier alpha value is -3.67. The van der Waals surface area contributed by atoms with E-state index in [-0.39, 0.29) is 17.7 Å². The van der Waals surface area contributed by atoms with Crippen LogP contribution in [0.1, 0.15) is 40.3 Å². The van der Waals surface area contributed by atoms with E-state index in [2.05, 4.69) is 15.6 Å². The summed E-state index contributed by atoms with van der Waals surface area (Å²) in [6.45, 7) is 5.74. The molecule has 0 unspecified atom stereocenters. The van der Waals surface area contributed by atoms with Crippen LogP contribution in [0.4, 0.5) is 11.4 Å². The summed E-state index contributed by atoms with van der Waals surface area (Å²) in [5, 5.41) is 5.65. The number of hydrogen-bond acceptors (Lipinski definition) is 4. The van der Waals surface area contributed by atoms with Crippen molar-refractivity contribution in [2.45, 2.75) is 26.9 Å². The van der Waals surface area contributed by atoms with E-state index in [0.717, 1.165) is 11.3 Å². The van der Waals surface area contributed by atoms with Crippen molar-refractivity contribution in [2.75, 3.05) is 10.6 Å². The number of hydrogen-bond donors (Lipinski definition) is 2. The van der Waals surface area contributed by atoms with E-state index in [1.54, 1.807) is 18.2 Å². The molecule has 0 radical (unpaired) electrons. The number of para-hydroxylation sites is 3. The van der Waals surface area contributed by atoms with Gasteiger partial charge in [0.1, 0.15) is 11.4 Å². The number of aromatic nitrogens is 1. The molecule has 2 amide bonds. The minimum Gasteiger partial charge on any atom is -0.489 e. The molecule has 6 nitrogen and oxygen atoms in total. The molecule has 2 N–H and O–H groups in total. The van der Waals surface area contributed by atoms with E-state index < -0.39 is 5.91 Å². The number of carbonyl (C=O) groups excluding carboxylic acids is 2. The summed E-state index contributed by atoms with van der Waals surface area (Å²) in [4.78, 5) is 29.4. The fraction of sp³-hybridized carbons (Fsp3) is 0.174. The predicted octanol–water partition coefficient (Wildman–Crippen LogP) is 4.68. The van der Waals surface area contributed by atoms with Gasteiger partial charge in [0.25, 0.3) is 11.8 Å². The van der Waals surface area contributed by atoms with Gasteiger partial charge < -0.3 is 15.4 Å². The summed E-state index contributed by atoms with van der Waals surface area (Å²) in [5.41, 5.74) is 2.71. The summed E-state index contributed by atoms with van der Waals surface area (Å²) < 4.78 is 5.72. The Morgan fingerprint density at radius 1 is 0.897 bits per heavy atom. The number of carbonyl (C=O) groups is 2. The van der Waals surface area contributed by atoms with E-state index in [1.807, 2.05) is 57.2 Å². The highest BCUT2D eigenvalue weighted by atomic mass is 16.5. The molecule has 0 spiro atoms. The van der Waals surface area contributed by atoms with Crippen molar-refractivity contribution < 1.29 is 14.3 Å².